The van der Waals surface area contributed by atoms with Gasteiger partial charge in [0.05, 0.1) is 5.56 Å². The van der Waals surface area contributed by atoms with Crippen molar-refractivity contribution in [3.05, 3.63) is 70.8 Å². The van der Waals surface area contributed by atoms with Crippen LogP contribution < -0.4 is 0 Å². The molecule has 0 heterocycles. The zero-order chi connectivity index (χ0) is 24.6. The number of aliphatic imine (C=N–C) groups is 1. The van der Waals surface area contributed by atoms with Crippen LogP contribution in [0.4, 0.5) is 13.2 Å². The van der Waals surface area contributed by atoms with Crippen molar-refractivity contribution in [2.45, 2.75) is 52.1 Å². The van der Waals surface area contributed by atoms with Crippen LogP contribution in [-0.2, 0) is 25.9 Å². The molecule has 7 heteroatoms. The molecule has 0 spiro atoms. The number of rotatable bonds is 8. The first-order valence-corrected chi connectivity index (χ1v) is 10.7. The fourth-order valence-electron chi connectivity index (χ4n) is 3.20. The van der Waals surface area contributed by atoms with Crippen molar-refractivity contribution in [1.29, 1.82) is 0 Å². The normalized spacial score (nSPS) is 13.1. The Hall–Kier alpha value is -3.09. The van der Waals surface area contributed by atoms with Gasteiger partial charge < -0.3 is 9.47 Å². The predicted molar refractivity (Wildman–Crippen MR) is 125 cm³/mol. The largest absolute Gasteiger partial charge is 0.456 e. The molecule has 0 radical (unpaired) electrons. The van der Waals surface area contributed by atoms with Crippen molar-refractivity contribution in [2.24, 2.45) is 4.99 Å². The number of benzene rings is 2. The van der Waals surface area contributed by atoms with Gasteiger partial charge in [-0.2, -0.15) is 13.2 Å². The van der Waals surface area contributed by atoms with E-state index in [9.17, 15) is 18.0 Å². The van der Waals surface area contributed by atoms with Crippen LogP contribution in [0.1, 0.15) is 62.8 Å². The van der Waals surface area contributed by atoms with E-state index in [0.29, 0.717) is 17.6 Å². The summed E-state index contributed by atoms with van der Waals surface area (Å²) in [6.45, 7) is 7.53. The summed E-state index contributed by atoms with van der Waals surface area (Å²) in [7, 11) is 1.53. The van der Waals surface area contributed by atoms with Crippen LogP contribution in [0, 0.1) is 0 Å². The number of hydrogen-bond acceptors (Lipinski definition) is 4. The maximum Gasteiger partial charge on any atom is 0.417 e. The standard InChI is InChI=1S/C26H30F3NO3/c1-6-9-23(31)32-17-33-24(20-10-7-8-11-22(20)26(27,28)29)21(16-30-5)18-12-14-19(15-13-18)25(2,3)4/h7-8,10-16H,6,9,17H2,1-5H3/b24-21-,30-16-. The molecule has 2 aromatic rings. The molecule has 0 saturated heterocycles. The van der Waals surface area contributed by atoms with Crippen LogP contribution in [0.2, 0.25) is 0 Å². The van der Waals surface area contributed by atoms with Gasteiger partial charge in [0.2, 0.25) is 6.79 Å². The van der Waals surface area contributed by atoms with E-state index in [0.717, 1.165) is 11.6 Å². The molecule has 0 aromatic heterocycles. The van der Waals surface area contributed by atoms with Crippen molar-refractivity contribution in [2.75, 3.05) is 13.8 Å². The monoisotopic (exact) mass is 461 g/mol. The van der Waals surface area contributed by atoms with Crippen LogP contribution in [0.5, 0.6) is 0 Å². The fourth-order valence-corrected chi connectivity index (χ4v) is 3.20. The summed E-state index contributed by atoms with van der Waals surface area (Å²) in [5.74, 6) is -0.553. The molecule has 0 N–H and O–H groups in total. The summed E-state index contributed by atoms with van der Waals surface area (Å²) in [5, 5.41) is 0. The highest BCUT2D eigenvalue weighted by Crippen LogP contribution is 2.38. The molecular weight excluding hydrogens is 431 g/mol. The minimum atomic E-state index is -4.60. The quantitative estimate of drug-likeness (QED) is 0.141. The van der Waals surface area contributed by atoms with Gasteiger partial charge >= 0.3 is 12.1 Å². The first-order chi connectivity index (χ1) is 15.5. The molecule has 4 nitrogen and oxygen atoms in total. The summed E-state index contributed by atoms with van der Waals surface area (Å²) in [6.07, 6.45) is -2.37. The maximum atomic E-state index is 13.8. The van der Waals surface area contributed by atoms with Crippen LogP contribution in [-0.4, -0.2) is 26.0 Å². The molecule has 0 saturated carbocycles. The molecular formula is C26H30F3NO3. The minimum Gasteiger partial charge on any atom is -0.456 e. The molecule has 0 aliphatic carbocycles. The molecule has 33 heavy (non-hydrogen) atoms. The van der Waals surface area contributed by atoms with Gasteiger partial charge in [-0.15, -0.1) is 0 Å². The Morgan fingerprint density at radius 3 is 2.18 bits per heavy atom. The average Bonchev–Trinajstić information content (AvgIpc) is 2.75. The molecule has 2 rings (SSSR count). The molecule has 0 bridgehead atoms. The lowest BCUT2D eigenvalue weighted by Crippen LogP contribution is -2.13. The first kappa shape index (κ1) is 26.2. The number of halogens is 3. The van der Waals surface area contributed by atoms with Crippen molar-refractivity contribution in [3.63, 3.8) is 0 Å². The topological polar surface area (TPSA) is 47.9 Å². The van der Waals surface area contributed by atoms with Gasteiger partial charge in [-0.3, -0.25) is 9.79 Å². The lowest BCUT2D eigenvalue weighted by atomic mass is 9.86. The highest BCUT2D eigenvalue weighted by Gasteiger charge is 2.35. The van der Waals surface area contributed by atoms with Gasteiger partial charge in [-0.25, -0.2) is 0 Å². The van der Waals surface area contributed by atoms with Crippen molar-refractivity contribution >= 4 is 23.5 Å². The number of alkyl halides is 3. The van der Waals surface area contributed by atoms with E-state index in [2.05, 4.69) is 25.8 Å². The van der Waals surface area contributed by atoms with Gasteiger partial charge in [0.15, 0.2) is 0 Å². The van der Waals surface area contributed by atoms with Crippen molar-refractivity contribution in [3.8, 4) is 0 Å². The summed E-state index contributed by atoms with van der Waals surface area (Å²) in [5.41, 5.74) is 0.948. The molecule has 0 aliphatic heterocycles. The second-order valence-corrected chi connectivity index (χ2v) is 8.53. The maximum absolute atomic E-state index is 13.8. The zero-order valence-corrected chi connectivity index (χ0v) is 19.6. The smallest absolute Gasteiger partial charge is 0.417 e. The minimum absolute atomic E-state index is 0.0682. The predicted octanol–water partition coefficient (Wildman–Crippen LogP) is 6.89. The number of carbonyl (C=O) groups excluding carboxylic acids is 1. The second-order valence-electron chi connectivity index (χ2n) is 8.53. The molecule has 0 aliphatic rings. The van der Waals surface area contributed by atoms with Gasteiger partial charge in [-0.1, -0.05) is 70.2 Å². The van der Waals surface area contributed by atoms with E-state index in [1.54, 1.807) is 0 Å². The number of carbonyl (C=O) groups is 1. The highest BCUT2D eigenvalue weighted by atomic mass is 19.4. The lowest BCUT2D eigenvalue weighted by molar-refractivity contribution is -0.151. The van der Waals surface area contributed by atoms with Crippen molar-refractivity contribution < 1.29 is 27.4 Å². The Morgan fingerprint density at radius 2 is 1.64 bits per heavy atom. The van der Waals surface area contributed by atoms with Crippen molar-refractivity contribution in [1.82, 2.24) is 0 Å². The lowest BCUT2D eigenvalue weighted by Gasteiger charge is -2.21. The molecule has 0 amide bonds. The summed E-state index contributed by atoms with van der Waals surface area (Å²) >= 11 is 0. The van der Waals surface area contributed by atoms with Gasteiger partial charge in [-0.05, 0) is 29.0 Å². The summed E-state index contributed by atoms with van der Waals surface area (Å²) in [4.78, 5) is 15.8. The van der Waals surface area contributed by atoms with E-state index in [-0.39, 0.29) is 23.2 Å². The van der Waals surface area contributed by atoms with E-state index in [1.165, 1.54) is 31.5 Å². The molecule has 2 aromatic carbocycles. The Morgan fingerprint density at radius 1 is 1.00 bits per heavy atom. The second kappa shape index (κ2) is 11.2. The Kier molecular flexibility index (Phi) is 8.85. The van der Waals surface area contributed by atoms with E-state index in [1.807, 2.05) is 31.2 Å². The van der Waals surface area contributed by atoms with Crippen LogP contribution in [0.25, 0.3) is 11.3 Å². The van der Waals surface area contributed by atoms with Gasteiger partial charge in [0, 0.05) is 30.8 Å². The van der Waals surface area contributed by atoms with E-state index in [4.69, 9.17) is 9.47 Å². The van der Waals surface area contributed by atoms with E-state index < -0.39 is 24.5 Å². The third kappa shape index (κ3) is 7.20. The van der Waals surface area contributed by atoms with E-state index >= 15 is 0 Å². The van der Waals surface area contributed by atoms with Crippen LogP contribution in [0.3, 0.4) is 0 Å². The zero-order valence-electron chi connectivity index (χ0n) is 19.6. The summed E-state index contributed by atoms with van der Waals surface area (Å²) in [6, 6.07) is 12.6. The molecule has 0 fully saturated rings. The van der Waals surface area contributed by atoms with Crippen LogP contribution >= 0.6 is 0 Å². The van der Waals surface area contributed by atoms with Crippen LogP contribution in [0.15, 0.2) is 53.5 Å². The Bertz CT molecular complexity index is 1000. The first-order valence-electron chi connectivity index (χ1n) is 10.7. The number of hydrogen-bond donors (Lipinski definition) is 0. The SMILES string of the molecule is CCCC(=O)OCO/C(=C(/C=N\C)c1ccc(C(C)(C)C)cc1)c1ccccc1C(F)(F)F. The number of nitrogens with zero attached hydrogens (tertiary/aromatic N) is 1. The van der Waals surface area contributed by atoms with Gasteiger partial charge in [0.25, 0.3) is 0 Å². The van der Waals surface area contributed by atoms with Gasteiger partial charge in [0.1, 0.15) is 5.76 Å². The highest BCUT2D eigenvalue weighted by molar-refractivity contribution is 6.18. The Labute approximate surface area is 193 Å². The molecule has 0 unspecified atom stereocenters. The average molecular weight is 462 g/mol. The Balaban J connectivity index is 2.65. The molecule has 0 atom stereocenters. The number of esters is 1. The fraction of sp³-hybridized carbons (Fsp3) is 0.385. The summed E-state index contributed by atoms with van der Waals surface area (Å²) < 4.78 is 52.2. The number of allylic oxidation sites excluding steroid dienone is 1. The molecule has 178 valence electrons. The third-order valence-corrected chi connectivity index (χ3v) is 4.92. The number of ether oxygens (including phenoxy) is 2. The third-order valence-electron chi connectivity index (χ3n) is 4.92.